The fourth-order valence-electron chi connectivity index (χ4n) is 4.56. The SMILES string of the molecule is COCCS(C)(=O)=Nc1cc(C)c2c(Nc3ccc(F)cc3O[C@@H]3COC4C3OC[C@H]4O)ncnc2c1. The fourth-order valence-corrected chi connectivity index (χ4v) is 5.68. The van der Waals surface area contributed by atoms with Crippen LogP contribution in [0.1, 0.15) is 5.56 Å². The molecule has 2 aromatic carbocycles. The van der Waals surface area contributed by atoms with Gasteiger partial charge in [0, 0.05) is 24.8 Å². The van der Waals surface area contributed by atoms with Crippen molar-refractivity contribution in [3.63, 3.8) is 0 Å². The van der Waals surface area contributed by atoms with E-state index in [2.05, 4.69) is 19.6 Å². The Morgan fingerprint density at radius 3 is 2.84 bits per heavy atom. The van der Waals surface area contributed by atoms with Gasteiger partial charge < -0.3 is 29.4 Å². The normalized spacial score (nSPS) is 24.6. The van der Waals surface area contributed by atoms with Crippen LogP contribution in [0.3, 0.4) is 0 Å². The molecule has 12 heteroatoms. The average Bonchev–Trinajstić information content (AvgIpc) is 3.42. The summed E-state index contributed by atoms with van der Waals surface area (Å²) in [5.74, 6) is 0.617. The van der Waals surface area contributed by atoms with Gasteiger partial charge in [-0.1, -0.05) is 0 Å². The van der Waals surface area contributed by atoms with Gasteiger partial charge in [-0.15, -0.1) is 0 Å². The Hall–Kier alpha value is -2.90. The number of aryl methyl sites for hydroxylation is 1. The molecule has 0 amide bonds. The Balaban J connectivity index is 1.45. The molecule has 0 saturated carbocycles. The van der Waals surface area contributed by atoms with Gasteiger partial charge in [0.25, 0.3) is 0 Å². The van der Waals surface area contributed by atoms with Gasteiger partial charge in [-0.2, -0.15) is 4.36 Å². The standard InChI is InChI=1S/C25H29FN4O6S/c1-14-8-16(30-37(3,32)7-6-33-2)10-18-22(14)25(28-13-27-18)29-17-5-4-15(26)9-20(17)36-21-12-35-23-19(31)11-34-24(21)23/h4-5,8-10,13,19,21,23-24,31H,6-7,11-12H2,1-3H3,(H,27,28,29)/t19-,21-,23?,24?,37?/m1/s1. The maximum Gasteiger partial charge on any atom is 0.151 e. The molecule has 5 atom stereocenters. The van der Waals surface area contributed by atoms with E-state index in [1.165, 1.54) is 18.5 Å². The fraction of sp³-hybridized carbons (Fsp3) is 0.440. The highest BCUT2D eigenvalue weighted by Gasteiger charge is 2.48. The lowest BCUT2D eigenvalue weighted by atomic mass is 10.1. The summed E-state index contributed by atoms with van der Waals surface area (Å²) in [4.78, 5) is 8.79. The molecule has 3 aromatic rings. The third-order valence-corrected chi connectivity index (χ3v) is 7.86. The summed E-state index contributed by atoms with van der Waals surface area (Å²) in [6.07, 6.45) is 0.901. The summed E-state index contributed by atoms with van der Waals surface area (Å²) in [7, 11) is -0.910. The Labute approximate surface area is 214 Å². The van der Waals surface area contributed by atoms with Crippen LogP contribution in [0.5, 0.6) is 5.75 Å². The van der Waals surface area contributed by atoms with E-state index in [0.717, 1.165) is 10.9 Å². The van der Waals surface area contributed by atoms with Crippen LogP contribution < -0.4 is 10.1 Å². The molecule has 3 heterocycles. The van der Waals surface area contributed by atoms with Crippen molar-refractivity contribution in [2.75, 3.05) is 44.3 Å². The Morgan fingerprint density at radius 2 is 2.03 bits per heavy atom. The summed E-state index contributed by atoms with van der Waals surface area (Å²) in [5, 5.41) is 14.0. The van der Waals surface area contributed by atoms with E-state index in [-0.39, 0.29) is 19.0 Å². The van der Waals surface area contributed by atoms with Crippen LogP contribution in [0.4, 0.5) is 21.6 Å². The van der Waals surface area contributed by atoms with Crippen molar-refractivity contribution in [2.45, 2.75) is 31.3 Å². The molecule has 2 aliphatic rings. The number of methoxy groups -OCH3 is 1. The van der Waals surface area contributed by atoms with Crippen LogP contribution in [0.25, 0.3) is 10.9 Å². The smallest absolute Gasteiger partial charge is 0.151 e. The number of nitrogens with one attached hydrogen (secondary N) is 1. The van der Waals surface area contributed by atoms with Gasteiger partial charge in [0.05, 0.1) is 52.2 Å². The van der Waals surface area contributed by atoms with Crippen molar-refractivity contribution < 1.29 is 32.7 Å². The molecule has 0 spiro atoms. The molecule has 5 rings (SSSR count). The molecule has 2 saturated heterocycles. The molecule has 0 bridgehead atoms. The predicted molar refractivity (Wildman–Crippen MR) is 137 cm³/mol. The van der Waals surface area contributed by atoms with E-state index in [1.807, 2.05) is 13.0 Å². The van der Waals surface area contributed by atoms with Gasteiger partial charge in [-0.3, -0.25) is 0 Å². The first-order chi connectivity index (χ1) is 17.7. The number of aliphatic hydroxyl groups is 1. The Kier molecular flexibility index (Phi) is 7.28. The first-order valence-corrected chi connectivity index (χ1v) is 13.9. The van der Waals surface area contributed by atoms with Crippen LogP contribution in [0.15, 0.2) is 41.0 Å². The van der Waals surface area contributed by atoms with Gasteiger partial charge in [0.1, 0.15) is 42.0 Å². The number of aromatic nitrogens is 2. The largest absolute Gasteiger partial charge is 0.483 e. The zero-order valence-corrected chi connectivity index (χ0v) is 21.5. The van der Waals surface area contributed by atoms with Crippen LogP contribution in [0.2, 0.25) is 0 Å². The van der Waals surface area contributed by atoms with Crippen molar-refractivity contribution in [3.8, 4) is 5.75 Å². The molecule has 0 radical (unpaired) electrons. The Bertz CT molecular complexity index is 1430. The lowest BCUT2D eigenvalue weighted by Gasteiger charge is -2.21. The van der Waals surface area contributed by atoms with Gasteiger partial charge in [0.15, 0.2) is 6.10 Å². The first-order valence-electron chi connectivity index (χ1n) is 11.8. The molecular weight excluding hydrogens is 503 g/mol. The minimum atomic E-state index is -2.47. The van der Waals surface area contributed by atoms with Crippen molar-refractivity contribution in [2.24, 2.45) is 4.36 Å². The lowest BCUT2D eigenvalue weighted by molar-refractivity contribution is 0.00871. The number of halogens is 1. The Morgan fingerprint density at radius 1 is 1.22 bits per heavy atom. The summed E-state index contributed by atoms with van der Waals surface area (Å²) in [6.45, 7) is 2.63. The van der Waals surface area contributed by atoms with Gasteiger partial charge in [-0.05, 0) is 36.8 Å². The highest BCUT2D eigenvalue weighted by molar-refractivity contribution is 7.93. The molecule has 2 aliphatic heterocycles. The number of nitrogens with zero attached hydrogens (tertiary/aromatic N) is 3. The van der Waals surface area contributed by atoms with Crippen molar-refractivity contribution in [1.29, 1.82) is 0 Å². The highest BCUT2D eigenvalue weighted by Crippen LogP contribution is 2.36. The number of anilines is 2. The predicted octanol–water partition coefficient (Wildman–Crippen LogP) is 3.10. The van der Waals surface area contributed by atoms with Gasteiger partial charge in [-0.25, -0.2) is 18.6 Å². The number of fused-ring (bicyclic) bond motifs is 2. The molecule has 2 N–H and O–H groups in total. The second-order valence-electron chi connectivity index (χ2n) is 9.21. The van der Waals surface area contributed by atoms with Crippen molar-refractivity contribution >= 4 is 37.8 Å². The quantitative estimate of drug-likeness (QED) is 0.450. The third-order valence-electron chi connectivity index (χ3n) is 6.34. The second-order valence-corrected chi connectivity index (χ2v) is 11.7. The van der Waals surface area contributed by atoms with Crippen LogP contribution >= 0.6 is 0 Å². The molecular formula is C25H29FN4O6S. The van der Waals surface area contributed by atoms with E-state index in [9.17, 15) is 13.7 Å². The summed E-state index contributed by atoms with van der Waals surface area (Å²) < 4.78 is 53.8. The summed E-state index contributed by atoms with van der Waals surface area (Å²) in [5.41, 5.74) is 2.49. The third kappa shape index (κ3) is 5.53. The number of hydrogen-bond acceptors (Lipinski definition) is 10. The zero-order chi connectivity index (χ0) is 26.2. The van der Waals surface area contributed by atoms with Crippen molar-refractivity contribution in [3.05, 3.63) is 48.0 Å². The zero-order valence-electron chi connectivity index (χ0n) is 20.7. The second kappa shape index (κ2) is 10.5. The highest BCUT2D eigenvalue weighted by atomic mass is 32.2. The number of hydrogen-bond donors (Lipinski definition) is 2. The molecule has 1 aromatic heterocycles. The van der Waals surface area contributed by atoms with E-state index in [1.54, 1.807) is 25.5 Å². The van der Waals surface area contributed by atoms with E-state index in [0.29, 0.717) is 35.1 Å². The minimum Gasteiger partial charge on any atom is -0.483 e. The molecule has 198 valence electrons. The number of aliphatic hydroxyl groups excluding tert-OH is 1. The van der Waals surface area contributed by atoms with Crippen LogP contribution in [0, 0.1) is 12.7 Å². The molecule has 3 unspecified atom stereocenters. The number of rotatable bonds is 8. The van der Waals surface area contributed by atoms with E-state index in [4.69, 9.17) is 18.9 Å². The number of ether oxygens (including phenoxy) is 4. The van der Waals surface area contributed by atoms with Crippen molar-refractivity contribution in [1.82, 2.24) is 9.97 Å². The van der Waals surface area contributed by atoms with Gasteiger partial charge in [0.2, 0.25) is 0 Å². The first kappa shape index (κ1) is 25.7. The van der Waals surface area contributed by atoms with Gasteiger partial charge >= 0.3 is 0 Å². The monoisotopic (exact) mass is 532 g/mol. The van der Waals surface area contributed by atoms with Crippen LogP contribution in [-0.4, -0.2) is 82.6 Å². The number of benzene rings is 2. The summed E-state index contributed by atoms with van der Waals surface area (Å²) >= 11 is 0. The van der Waals surface area contributed by atoms with E-state index >= 15 is 0 Å². The molecule has 2 fully saturated rings. The maximum absolute atomic E-state index is 14.2. The molecule has 0 aliphatic carbocycles. The topological polar surface area (TPSA) is 124 Å². The minimum absolute atomic E-state index is 0.170. The summed E-state index contributed by atoms with van der Waals surface area (Å²) in [6, 6.07) is 7.76. The maximum atomic E-state index is 14.2. The molecule has 37 heavy (non-hydrogen) atoms. The lowest BCUT2D eigenvalue weighted by Crippen LogP contribution is -2.34. The molecule has 10 nitrogen and oxygen atoms in total. The average molecular weight is 533 g/mol. The van der Waals surface area contributed by atoms with E-state index < -0.39 is 40.0 Å². The van der Waals surface area contributed by atoms with Crippen LogP contribution in [-0.2, 0) is 23.9 Å².